The van der Waals surface area contributed by atoms with Crippen molar-refractivity contribution in [2.24, 2.45) is 5.92 Å². The number of hydrogen-bond donors (Lipinski definition) is 0. The highest BCUT2D eigenvalue weighted by Crippen LogP contribution is 2.42. The number of hydrogen-bond acceptors (Lipinski definition) is 2. The van der Waals surface area contributed by atoms with Gasteiger partial charge in [-0.15, -0.1) is 0 Å². The smallest absolute Gasteiger partial charge is 0.135 e. The van der Waals surface area contributed by atoms with Crippen LogP contribution in [0, 0.1) is 5.92 Å². The molecule has 206 valence electrons. The first-order valence-corrected chi connectivity index (χ1v) is 15.3. The van der Waals surface area contributed by atoms with E-state index in [1.807, 2.05) is 0 Å². The van der Waals surface area contributed by atoms with Crippen molar-refractivity contribution in [3.05, 3.63) is 65.4 Å². The zero-order valence-corrected chi connectivity index (χ0v) is 25.4. The zero-order chi connectivity index (χ0) is 27.5. The fourth-order valence-electron chi connectivity index (χ4n) is 6.30. The van der Waals surface area contributed by atoms with Gasteiger partial charge in [0, 0.05) is 27.7 Å². The molecular weight excluding hydrogens is 462 g/mol. The van der Waals surface area contributed by atoms with E-state index in [1.54, 1.807) is 0 Å². The highest BCUT2D eigenvalue weighted by atomic mass is 16.3. The third-order valence-electron chi connectivity index (χ3n) is 9.76. The maximum absolute atomic E-state index is 6.38. The highest BCUT2D eigenvalue weighted by Gasteiger charge is 2.34. The van der Waals surface area contributed by atoms with E-state index in [4.69, 9.17) is 4.42 Å². The molecule has 2 aromatic carbocycles. The molecule has 0 saturated heterocycles. The lowest BCUT2D eigenvalue weighted by Gasteiger charge is -2.45. The van der Waals surface area contributed by atoms with Crippen LogP contribution in [-0.4, -0.2) is 5.54 Å². The van der Waals surface area contributed by atoms with E-state index in [0.717, 1.165) is 30.4 Å². The number of rotatable bonds is 12. The monoisotopic (exact) mass is 513 g/mol. The topological polar surface area (TPSA) is 16.4 Å². The van der Waals surface area contributed by atoms with Gasteiger partial charge < -0.3 is 9.32 Å². The van der Waals surface area contributed by atoms with E-state index in [0.29, 0.717) is 5.92 Å². The second kappa shape index (κ2) is 11.7. The van der Waals surface area contributed by atoms with Gasteiger partial charge in [0.05, 0.1) is 0 Å². The maximum Gasteiger partial charge on any atom is 0.135 e. The van der Waals surface area contributed by atoms with Crippen LogP contribution in [0.5, 0.6) is 0 Å². The molecule has 4 rings (SSSR count). The zero-order valence-electron chi connectivity index (χ0n) is 25.4. The lowest BCUT2D eigenvalue weighted by atomic mass is 9.76. The molecule has 1 aromatic heterocycles. The first kappa shape index (κ1) is 28.5. The van der Waals surface area contributed by atoms with Crippen LogP contribution < -0.4 is 4.90 Å². The van der Waals surface area contributed by atoms with E-state index in [1.165, 1.54) is 71.8 Å². The normalized spacial score (nSPS) is 19.2. The van der Waals surface area contributed by atoms with Crippen LogP contribution in [0.15, 0.2) is 64.2 Å². The van der Waals surface area contributed by atoms with Crippen molar-refractivity contribution in [1.82, 2.24) is 0 Å². The Bertz CT molecular complexity index is 1310. The summed E-state index contributed by atoms with van der Waals surface area (Å²) >= 11 is 0. The van der Waals surface area contributed by atoms with Gasteiger partial charge in [0.1, 0.15) is 11.2 Å². The Morgan fingerprint density at radius 2 is 1.50 bits per heavy atom. The van der Waals surface area contributed by atoms with E-state index in [9.17, 15) is 0 Å². The Hall–Kier alpha value is -2.48. The van der Waals surface area contributed by atoms with Gasteiger partial charge in [0.2, 0.25) is 0 Å². The number of furan rings is 1. The number of allylic oxidation sites excluding steroid dienone is 4. The predicted octanol–water partition coefficient (Wildman–Crippen LogP) is 11.5. The Balaban J connectivity index is 1.87. The SMILES string of the molecule is CCCCC(C)(CC)c1ccc2oc3ccc(N(C4=CC=C(C)C(C)C4)C(C)(CC)CCCC)cc3c2c1. The number of anilines is 1. The standard InChI is InChI=1S/C36H51NO/c1-9-13-21-35(7,11-3)28-16-19-33-31(24-28)32-25-30(18-20-34(32)38-33)37(36(8,12-4)22-14-10-2)29-17-15-26(5)27(6)23-29/h15-20,24-25,27H,9-14,21-23H2,1-8H3. The summed E-state index contributed by atoms with van der Waals surface area (Å²) in [7, 11) is 0. The van der Waals surface area contributed by atoms with E-state index < -0.39 is 0 Å². The summed E-state index contributed by atoms with van der Waals surface area (Å²) in [5.74, 6) is 0.570. The Kier molecular flexibility index (Phi) is 8.80. The van der Waals surface area contributed by atoms with Crippen molar-refractivity contribution in [3.63, 3.8) is 0 Å². The summed E-state index contributed by atoms with van der Waals surface area (Å²) in [4.78, 5) is 2.68. The number of benzene rings is 2. The molecule has 3 atom stereocenters. The van der Waals surface area contributed by atoms with Crippen LogP contribution in [0.4, 0.5) is 5.69 Å². The van der Waals surface area contributed by atoms with Gasteiger partial charge in [0.25, 0.3) is 0 Å². The molecule has 0 saturated carbocycles. The molecule has 2 heteroatoms. The highest BCUT2D eigenvalue weighted by molar-refractivity contribution is 6.06. The number of unbranched alkanes of at least 4 members (excludes halogenated alkanes) is 2. The third-order valence-corrected chi connectivity index (χ3v) is 9.76. The van der Waals surface area contributed by atoms with E-state index >= 15 is 0 Å². The molecule has 1 heterocycles. The van der Waals surface area contributed by atoms with Gasteiger partial charge in [-0.2, -0.15) is 0 Å². The van der Waals surface area contributed by atoms with E-state index in [-0.39, 0.29) is 11.0 Å². The van der Waals surface area contributed by atoms with Crippen molar-refractivity contribution in [2.45, 2.75) is 124 Å². The molecule has 2 nitrogen and oxygen atoms in total. The molecule has 0 radical (unpaired) electrons. The van der Waals surface area contributed by atoms with Crippen molar-refractivity contribution in [2.75, 3.05) is 4.90 Å². The predicted molar refractivity (Wildman–Crippen MR) is 167 cm³/mol. The summed E-state index contributed by atoms with van der Waals surface area (Å²) < 4.78 is 6.38. The summed E-state index contributed by atoms with van der Waals surface area (Å²) in [6.45, 7) is 18.8. The molecular formula is C36H51NO. The van der Waals surface area contributed by atoms with Gasteiger partial charge in [-0.3, -0.25) is 0 Å². The van der Waals surface area contributed by atoms with Crippen LogP contribution in [-0.2, 0) is 5.41 Å². The number of nitrogens with zero attached hydrogens (tertiary/aromatic N) is 1. The largest absolute Gasteiger partial charge is 0.456 e. The van der Waals surface area contributed by atoms with Crippen molar-refractivity contribution < 1.29 is 4.42 Å². The molecule has 0 amide bonds. The van der Waals surface area contributed by atoms with E-state index in [2.05, 4.69) is 109 Å². The van der Waals surface area contributed by atoms with Crippen LogP contribution in [0.3, 0.4) is 0 Å². The molecule has 3 aromatic rings. The average molecular weight is 514 g/mol. The van der Waals surface area contributed by atoms with Crippen LogP contribution in [0.25, 0.3) is 21.9 Å². The van der Waals surface area contributed by atoms with Crippen molar-refractivity contribution >= 4 is 27.6 Å². The molecule has 1 aliphatic rings. The summed E-state index contributed by atoms with van der Waals surface area (Å²) in [5.41, 5.74) is 7.90. The lowest BCUT2D eigenvalue weighted by molar-refractivity contribution is 0.378. The first-order valence-electron chi connectivity index (χ1n) is 15.3. The summed E-state index contributed by atoms with van der Waals surface area (Å²) in [6.07, 6.45) is 15.5. The first-order chi connectivity index (χ1) is 18.2. The Morgan fingerprint density at radius 1 is 0.842 bits per heavy atom. The molecule has 0 spiro atoms. The third kappa shape index (κ3) is 5.47. The fraction of sp³-hybridized carbons (Fsp3) is 0.556. The van der Waals surface area contributed by atoms with Crippen molar-refractivity contribution in [1.29, 1.82) is 0 Å². The molecule has 0 bridgehead atoms. The van der Waals surface area contributed by atoms with Gasteiger partial charge in [0.15, 0.2) is 0 Å². The Labute approximate surface area is 232 Å². The van der Waals surface area contributed by atoms with Crippen LogP contribution in [0.1, 0.15) is 119 Å². The van der Waals surface area contributed by atoms with Crippen LogP contribution >= 0.6 is 0 Å². The van der Waals surface area contributed by atoms with Crippen molar-refractivity contribution in [3.8, 4) is 0 Å². The van der Waals surface area contributed by atoms with Crippen LogP contribution in [0.2, 0.25) is 0 Å². The summed E-state index contributed by atoms with van der Waals surface area (Å²) in [6, 6.07) is 13.9. The minimum Gasteiger partial charge on any atom is -0.456 e. The molecule has 3 unspecified atom stereocenters. The molecule has 0 aliphatic heterocycles. The second-order valence-electron chi connectivity index (χ2n) is 12.5. The molecule has 0 fully saturated rings. The minimum absolute atomic E-state index is 0.0694. The van der Waals surface area contributed by atoms with Gasteiger partial charge in [-0.05, 0) is 99.3 Å². The fourth-order valence-corrected chi connectivity index (χ4v) is 6.30. The minimum atomic E-state index is 0.0694. The summed E-state index contributed by atoms with van der Waals surface area (Å²) in [5, 5.41) is 2.49. The molecule has 0 N–H and O–H groups in total. The Morgan fingerprint density at radius 3 is 2.13 bits per heavy atom. The second-order valence-corrected chi connectivity index (χ2v) is 12.5. The molecule has 1 aliphatic carbocycles. The quantitative estimate of drug-likeness (QED) is 0.239. The maximum atomic E-state index is 6.38. The van der Waals surface area contributed by atoms with Gasteiger partial charge in [-0.25, -0.2) is 0 Å². The van der Waals surface area contributed by atoms with Gasteiger partial charge in [-0.1, -0.05) is 84.9 Å². The van der Waals surface area contributed by atoms with Gasteiger partial charge >= 0.3 is 0 Å². The molecule has 38 heavy (non-hydrogen) atoms. The lowest BCUT2D eigenvalue weighted by Crippen LogP contribution is -2.46. The average Bonchev–Trinajstić information content (AvgIpc) is 3.30. The number of fused-ring (bicyclic) bond motifs is 3.